The van der Waals surface area contributed by atoms with E-state index in [1.807, 2.05) is 28.7 Å². The van der Waals surface area contributed by atoms with Crippen LogP contribution < -0.4 is 5.32 Å². The van der Waals surface area contributed by atoms with Crippen molar-refractivity contribution in [3.05, 3.63) is 71.3 Å². The van der Waals surface area contributed by atoms with Crippen molar-refractivity contribution in [2.24, 2.45) is 0 Å². The fourth-order valence-corrected chi connectivity index (χ4v) is 5.00. The Morgan fingerprint density at radius 3 is 2.93 bits per heavy atom. The predicted octanol–water partition coefficient (Wildman–Crippen LogP) is 4.48. The standard InChI is InChI=1S/C23H22N4OS/c1-15-13-21-25-26-23(27(21)20-12-5-4-9-17(15)20)29-14-22(28)24-19-11-6-8-16-7-2-3-10-18(16)19/h2-5,7,9-10,12-13,19H,6,8,11,14H2,1H3,(H,24,28)/t19-/m0/s1. The Hall–Kier alpha value is -2.86. The second kappa shape index (κ2) is 7.52. The first-order chi connectivity index (χ1) is 14.2. The maximum absolute atomic E-state index is 12.7. The molecule has 4 aromatic rings. The summed E-state index contributed by atoms with van der Waals surface area (Å²) >= 11 is 1.43. The van der Waals surface area contributed by atoms with Gasteiger partial charge in [0.15, 0.2) is 10.8 Å². The molecule has 2 aromatic heterocycles. The number of rotatable bonds is 4. The number of thioether (sulfide) groups is 1. The summed E-state index contributed by atoms with van der Waals surface area (Å²) in [4.78, 5) is 12.7. The van der Waals surface area contributed by atoms with Crippen LogP contribution in [-0.4, -0.2) is 26.3 Å². The molecule has 1 atom stereocenters. The van der Waals surface area contributed by atoms with Gasteiger partial charge in [0, 0.05) is 5.39 Å². The molecule has 0 spiro atoms. The number of benzene rings is 2. The van der Waals surface area contributed by atoms with Gasteiger partial charge in [-0.1, -0.05) is 54.2 Å². The van der Waals surface area contributed by atoms with Crippen molar-refractivity contribution < 1.29 is 4.79 Å². The lowest BCUT2D eigenvalue weighted by molar-refractivity contribution is -0.119. The molecule has 0 saturated heterocycles. The number of nitrogens with zero attached hydrogens (tertiary/aromatic N) is 3. The third kappa shape index (κ3) is 3.38. The SMILES string of the molecule is Cc1cc2nnc(SCC(=O)N[C@H]3CCCc4ccccc43)n2c2ccccc12. The normalized spacial score (nSPS) is 16.1. The monoisotopic (exact) mass is 402 g/mol. The molecule has 0 radical (unpaired) electrons. The Kier molecular flexibility index (Phi) is 4.72. The van der Waals surface area contributed by atoms with E-state index in [1.165, 1.54) is 33.8 Å². The Balaban J connectivity index is 1.35. The maximum atomic E-state index is 12.7. The second-order valence-electron chi connectivity index (χ2n) is 7.52. The molecule has 1 N–H and O–H groups in total. The van der Waals surface area contributed by atoms with Crippen LogP contribution >= 0.6 is 11.8 Å². The van der Waals surface area contributed by atoms with Gasteiger partial charge in [-0.2, -0.15) is 0 Å². The number of fused-ring (bicyclic) bond motifs is 4. The van der Waals surface area contributed by atoms with Crippen LogP contribution in [0.2, 0.25) is 0 Å². The molecular weight excluding hydrogens is 380 g/mol. The van der Waals surface area contributed by atoms with Crippen LogP contribution in [0, 0.1) is 6.92 Å². The van der Waals surface area contributed by atoms with E-state index in [9.17, 15) is 4.79 Å². The summed E-state index contributed by atoms with van der Waals surface area (Å²) in [6.45, 7) is 2.08. The molecule has 1 amide bonds. The Bertz CT molecular complexity index is 1220. The van der Waals surface area contributed by atoms with Crippen molar-refractivity contribution in [3.63, 3.8) is 0 Å². The molecule has 2 heterocycles. The van der Waals surface area contributed by atoms with Crippen molar-refractivity contribution >= 4 is 34.2 Å². The van der Waals surface area contributed by atoms with Gasteiger partial charge in [-0.15, -0.1) is 10.2 Å². The lowest BCUT2D eigenvalue weighted by atomic mass is 9.88. The number of amides is 1. The first-order valence-corrected chi connectivity index (χ1v) is 10.9. The van der Waals surface area contributed by atoms with Crippen LogP contribution in [0.4, 0.5) is 0 Å². The third-order valence-electron chi connectivity index (χ3n) is 5.61. The Morgan fingerprint density at radius 2 is 2.00 bits per heavy atom. The van der Waals surface area contributed by atoms with Crippen LogP contribution in [0.25, 0.3) is 16.6 Å². The number of carbonyl (C=O) groups excluding carboxylic acids is 1. The quantitative estimate of drug-likeness (QED) is 0.512. The van der Waals surface area contributed by atoms with Crippen molar-refractivity contribution in [1.82, 2.24) is 19.9 Å². The number of aromatic nitrogens is 3. The molecule has 1 aliphatic carbocycles. The lowest BCUT2D eigenvalue weighted by Gasteiger charge is -2.26. The van der Waals surface area contributed by atoms with Crippen molar-refractivity contribution in [2.45, 2.75) is 37.4 Å². The van der Waals surface area contributed by atoms with Gasteiger partial charge in [0.2, 0.25) is 5.91 Å². The average molecular weight is 403 g/mol. The molecule has 29 heavy (non-hydrogen) atoms. The summed E-state index contributed by atoms with van der Waals surface area (Å²) in [5.74, 6) is 0.353. The number of hydrogen-bond acceptors (Lipinski definition) is 4. The summed E-state index contributed by atoms with van der Waals surface area (Å²) in [6, 6.07) is 18.8. The highest BCUT2D eigenvalue weighted by Gasteiger charge is 2.22. The Morgan fingerprint density at radius 1 is 1.17 bits per heavy atom. The number of para-hydroxylation sites is 1. The fraction of sp³-hybridized carbons (Fsp3) is 0.261. The zero-order chi connectivity index (χ0) is 19.8. The van der Waals surface area contributed by atoms with E-state index in [1.54, 1.807) is 0 Å². The maximum Gasteiger partial charge on any atom is 0.230 e. The van der Waals surface area contributed by atoms with E-state index >= 15 is 0 Å². The van der Waals surface area contributed by atoms with E-state index in [2.05, 4.69) is 52.8 Å². The summed E-state index contributed by atoms with van der Waals surface area (Å²) in [6.07, 6.45) is 3.19. The third-order valence-corrected chi connectivity index (χ3v) is 6.54. The van der Waals surface area contributed by atoms with Crippen LogP contribution in [0.5, 0.6) is 0 Å². The first-order valence-electron chi connectivity index (χ1n) is 9.94. The molecule has 6 heteroatoms. The molecule has 1 aliphatic rings. The van der Waals surface area contributed by atoms with Gasteiger partial charge in [-0.05, 0) is 55.0 Å². The number of hydrogen-bond donors (Lipinski definition) is 1. The van der Waals surface area contributed by atoms with E-state index in [-0.39, 0.29) is 11.9 Å². The zero-order valence-corrected chi connectivity index (χ0v) is 17.1. The highest BCUT2D eigenvalue weighted by atomic mass is 32.2. The zero-order valence-electron chi connectivity index (χ0n) is 16.3. The van der Waals surface area contributed by atoms with E-state index in [0.29, 0.717) is 5.75 Å². The highest BCUT2D eigenvalue weighted by molar-refractivity contribution is 7.99. The Labute approximate surface area is 173 Å². The molecule has 5 rings (SSSR count). The van der Waals surface area contributed by atoms with Crippen molar-refractivity contribution in [2.75, 3.05) is 5.75 Å². The summed E-state index contributed by atoms with van der Waals surface area (Å²) in [5.41, 5.74) is 5.65. The smallest absolute Gasteiger partial charge is 0.230 e. The van der Waals surface area contributed by atoms with Crippen LogP contribution in [0.1, 0.15) is 35.6 Å². The number of nitrogens with one attached hydrogen (secondary N) is 1. The van der Waals surface area contributed by atoms with Gasteiger partial charge in [0.1, 0.15) is 0 Å². The van der Waals surface area contributed by atoms with Crippen LogP contribution in [0.3, 0.4) is 0 Å². The van der Waals surface area contributed by atoms with Gasteiger partial charge >= 0.3 is 0 Å². The average Bonchev–Trinajstić information content (AvgIpc) is 3.16. The molecule has 0 unspecified atom stereocenters. The van der Waals surface area contributed by atoms with Gasteiger partial charge in [-0.3, -0.25) is 9.20 Å². The minimum Gasteiger partial charge on any atom is -0.349 e. The number of pyridine rings is 1. The molecule has 0 aliphatic heterocycles. The first kappa shape index (κ1) is 18.2. The van der Waals surface area contributed by atoms with Gasteiger partial charge in [0.05, 0.1) is 17.3 Å². The largest absolute Gasteiger partial charge is 0.349 e. The minimum absolute atomic E-state index is 0.0323. The van der Waals surface area contributed by atoms with Crippen molar-refractivity contribution in [3.8, 4) is 0 Å². The summed E-state index contributed by atoms with van der Waals surface area (Å²) in [7, 11) is 0. The van der Waals surface area contributed by atoms with Gasteiger partial charge in [0.25, 0.3) is 0 Å². The lowest BCUT2D eigenvalue weighted by Crippen LogP contribution is -2.32. The van der Waals surface area contributed by atoms with E-state index in [4.69, 9.17) is 0 Å². The molecule has 2 aromatic carbocycles. The molecule has 0 bridgehead atoms. The summed E-state index contributed by atoms with van der Waals surface area (Å²) in [5, 5.41) is 13.8. The van der Waals surface area contributed by atoms with E-state index < -0.39 is 0 Å². The predicted molar refractivity (Wildman–Crippen MR) is 116 cm³/mol. The molecule has 5 nitrogen and oxygen atoms in total. The molecule has 0 saturated carbocycles. The number of aryl methyl sites for hydroxylation is 2. The van der Waals surface area contributed by atoms with Crippen LogP contribution in [0.15, 0.2) is 59.8 Å². The fourth-order valence-electron chi connectivity index (χ4n) is 4.24. The van der Waals surface area contributed by atoms with Gasteiger partial charge < -0.3 is 5.32 Å². The highest BCUT2D eigenvalue weighted by Crippen LogP contribution is 2.30. The van der Waals surface area contributed by atoms with Crippen molar-refractivity contribution in [1.29, 1.82) is 0 Å². The summed E-state index contributed by atoms with van der Waals surface area (Å²) < 4.78 is 2.04. The topological polar surface area (TPSA) is 59.3 Å². The van der Waals surface area contributed by atoms with Gasteiger partial charge in [-0.25, -0.2) is 0 Å². The van der Waals surface area contributed by atoms with Crippen LogP contribution in [-0.2, 0) is 11.2 Å². The molecule has 146 valence electrons. The number of carbonyl (C=O) groups is 1. The van der Waals surface area contributed by atoms with E-state index in [0.717, 1.165) is 35.6 Å². The minimum atomic E-state index is 0.0323. The molecular formula is C23H22N4OS. The second-order valence-corrected chi connectivity index (χ2v) is 8.46. The molecule has 0 fully saturated rings.